The number of nitrogens with one attached hydrogen (secondary N) is 1. The zero-order valence-corrected chi connectivity index (χ0v) is 9.21. The Kier molecular flexibility index (Phi) is 2.84. The third-order valence-electron chi connectivity index (χ3n) is 2.23. The Balaban J connectivity index is 2.44. The average Bonchev–Trinajstić information content (AvgIpc) is 2.58. The van der Waals surface area contributed by atoms with Gasteiger partial charge in [0.25, 0.3) is 0 Å². The van der Waals surface area contributed by atoms with Crippen LogP contribution in [0.1, 0.15) is 12.0 Å². The lowest BCUT2D eigenvalue weighted by molar-refractivity contribution is 0.288. The van der Waals surface area contributed by atoms with Crippen molar-refractivity contribution < 1.29 is 5.11 Å². The number of rotatable bonds is 3. The van der Waals surface area contributed by atoms with Crippen LogP contribution in [0.3, 0.4) is 0 Å². The largest absolute Gasteiger partial charge is 0.396 e. The summed E-state index contributed by atoms with van der Waals surface area (Å²) < 4.78 is 0.915. The number of aromatic amines is 1. The molecule has 0 bridgehead atoms. The van der Waals surface area contributed by atoms with E-state index in [4.69, 9.17) is 5.11 Å². The van der Waals surface area contributed by atoms with Crippen molar-refractivity contribution in [2.24, 2.45) is 0 Å². The van der Waals surface area contributed by atoms with Crippen molar-refractivity contribution in [3.63, 3.8) is 0 Å². The first kappa shape index (κ1) is 9.68. The number of aliphatic hydroxyl groups excluding tert-OH is 1. The number of fused-ring (bicyclic) bond motifs is 1. The zero-order valence-electron chi connectivity index (χ0n) is 7.63. The zero-order chi connectivity index (χ0) is 9.97. The predicted octanol–water partition coefficient (Wildman–Crippen LogP) is 2.25. The first-order chi connectivity index (χ1) is 6.83. The summed E-state index contributed by atoms with van der Waals surface area (Å²) in [7, 11) is 0. The van der Waals surface area contributed by atoms with Crippen LogP contribution in [-0.4, -0.2) is 21.9 Å². The Bertz CT molecular complexity index is 439. The van der Waals surface area contributed by atoms with Gasteiger partial charge in [-0.25, -0.2) is 0 Å². The minimum atomic E-state index is 0.224. The van der Waals surface area contributed by atoms with E-state index < -0.39 is 0 Å². The molecule has 4 heteroatoms. The van der Waals surface area contributed by atoms with Crippen molar-refractivity contribution in [3.8, 4) is 0 Å². The molecule has 74 valence electrons. The van der Waals surface area contributed by atoms with E-state index in [2.05, 4.69) is 26.1 Å². The number of aliphatic hydroxyl groups is 1. The van der Waals surface area contributed by atoms with Gasteiger partial charge in [-0.15, -0.1) is 0 Å². The van der Waals surface area contributed by atoms with Gasteiger partial charge in [-0.05, 0) is 34.3 Å². The number of H-pyrrole nitrogens is 1. The lowest BCUT2D eigenvalue weighted by atomic mass is 10.1. The van der Waals surface area contributed by atoms with Crippen LogP contribution >= 0.6 is 15.9 Å². The monoisotopic (exact) mass is 254 g/mol. The number of benzene rings is 1. The molecular formula is C10H11BrN2O. The number of halogens is 1. The minimum Gasteiger partial charge on any atom is -0.396 e. The molecule has 0 radical (unpaired) electrons. The van der Waals surface area contributed by atoms with E-state index in [9.17, 15) is 0 Å². The average molecular weight is 255 g/mol. The predicted molar refractivity (Wildman–Crippen MR) is 59.2 cm³/mol. The molecule has 2 rings (SSSR count). The second kappa shape index (κ2) is 4.11. The fraction of sp³-hybridized carbons (Fsp3) is 0.300. The summed E-state index contributed by atoms with van der Waals surface area (Å²) in [6.07, 6.45) is 1.65. The Morgan fingerprint density at radius 2 is 2.29 bits per heavy atom. The molecule has 0 aliphatic carbocycles. The van der Waals surface area contributed by atoms with Gasteiger partial charge >= 0.3 is 0 Å². The van der Waals surface area contributed by atoms with E-state index in [0.29, 0.717) is 0 Å². The van der Waals surface area contributed by atoms with Crippen molar-refractivity contribution in [1.82, 2.24) is 10.2 Å². The maximum absolute atomic E-state index is 8.77. The molecule has 2 aromatic rings. The number of hydrogen-bond acceptors (Lipinski definition) is 2. The van der Waals surface area contributed by atoms with Gasteiger partial charge in [-0.1, -0.05) is 18.2 Å². The van der Waals surface area contributed by atoms with E-state index in [1.165, 1.54) is 5.56 Å². The molecule has 0 amide bonds. The number of aromatic nitrogens is 2. The van der Waals surface area contributed by atoms with Gasteiger partial charge in [0.1, 0.15) is 4.60 Å². The molecule has 0 aliphatic heterocycles. The summed E-state index contributed by atoms with van der Waals surface area (Å²) in [4.78, 5) is 0. The fourth-order valence-corrected chi connectivity index (χ4v) is 1.95. The fourth-order valence-electron chi connectivity index (χ4n) is 1.54. The Morgan fingerprint density at radius 3 is 3.07 bits per heavy atom. The normalized spacial score (nSPS) is 11.0. The Labute approximate surface area is 90.3 Å². The highest BCUT2D eigenvalue weighted by molar-refractivity contribution is 9.10. The molecule has 0 atom stereocenters. The van der Waals surface area contributed by atoms with E-state index in [0.717, 1.165) is 28.3 Å². The summed E-state index contributed by atoms with van der Waals surface area (Å²) in [6, 6.07) is 6.08. The second-order valence-electron chi connectivity index (χ2n) is 3.18. The van der Waals surface area contributed by atoms with Crippen LogP contribution in [0.25, 0.3) is 10.9 Å². The highest BCUT2D eigenvalue weighted by Crippen LogP contribution is 2.24. The number of hydrogen-bond donors (Lipinski definition) is 2. The molecule has 0 saturated carbocycles. The summed E-state index contributed by atoms with van der Waals surface area (Å²) in [6.45, 7) is 0.224. The molecule has 2 N–H and O–H groups in total. The molecule has 0 aliphatic rings. The molecule has 3 nitrogen and oxygen atoms in total. The summed E-state index contributed by atoms with van der Waals surface area (Å²) in [5.74, 6) is 0. The van der Waals surface area contributed by atoms with E-state index in [1.807, 2.05) is 18.2 Å². The van der Waals surface area contributed by atoms with Gasteiger partial charge in [0.05, 0.1) is 5.52 Å². The van der Waals surface area contributed by atoms with E-state index in [1.54, 1.807) is 0 Å². The molecule has 1 aromatic carbocycles. The van der Waals surface area contributed by atoms with Crippen LogP contribution < -0.4 is 0 Å². The quantitative estimate of drug-likeness (QED) is 0.883. The van der Waals surface area contributed by atoms with Gasteiger partial charge < -0.3 is 5.11 Å². The van der Waals surface area contributed by atoms with E-state index >= 15 is 0 Å². The van der Waals surface area contributed by atoms with Crippen LogP contribution in [-0.2, 0) is 6.42 Å². The lowest BCUT2D eigenvalue weighted by Crippen LogP contribution is -1.90. The Morgan fingerprint density at radius 1 is 1.43 bits per heavy atom. The van der Waals surface area contributed by atoms with Gasteiger partial charge in [-0.2, -0.15) is 5.10 Å². The molecule has 0 spiro atoms. The van der Waals surface area contributed by atoms with Crippen LogP contribution in [0, 0.1) is 0 Å². The van der Waals surface area contributed by atoms with Crippen molar-refractivity contribution >= 4 is 26.8 Å². The SMILES string of the molecule is OCCCc1cccc2c(Br)[nH]nc12. The van der Waals surface area contributed by atoms with Crippen molar-refractivity contribution in [2.45, 2.75) is 12.8 Å². The number of nitrogens with zero attached hydrogens (tertiary/aromatic N) is 1. The van der Waals surface area contributed by atoms with Crippen molar-refractivity contribution in [2.75, 3.05) is 6.61 Å². The number of para-hydroxylation sites is 1. The lowest BCUT2D eigenvalue weighted by Gasteiger charge is -1.99. The first-order valence-corrected chi connectivity index (χ1v) is 5.34. The topological polar surface area (TPSA) is 48.9 Å². The van der Waals surface area contributed by atoms with Crippen LogP contribution in [0.5, 0.6) is 0 Å². The first-order valence-electron chi connectivity index (χ1n) is 4.55. The summed E-state index contributed by atoms with van der Waals surface area (Å²) in [5, 5.41) is 17.0. The summed E-state index contributed by atoms with van der Waals surface area (Å²) in [5.41, 5.74) is 2.17. The maximum Gasteiger partial charge on any atom is 0.108 e. The minimum absolute atomic E-state index is 0.224. The third kappa shape index (κ3) is 1.67. The Hall–Kier alpha value is -0.870. The standard InChI is InChI=1S/C10H11BrN2O/c11-10-8-5-1-3-7(4-2-6-14)9(8)12-13-10/h1,3,5,14H,2,4,6H2,(H,12,13). The second-order valence-corrected chi connectivity index (χ2v) is 3.97. The smallest absolute Gasteiger partial charge is 0.108 e. The van der Waals surface area contributed by atoms with Crippen molar-refractivity contribution in [1.29, 1.82) is 0 Å². The van der Waals surface area contributed by atoms with Gasteiger partial charge in [-0.3, -0.25) is 5.10 Å². The van der Waals surface area contributed by atoms with Crippen LogP contribution in [0.15, 0.2) is 22.8 Å². The molecule has 0 saturated heterocycles. The highest BCUT2D eigenvalue weighted by atomic mass is 79.9. The molecule has 14 heavy (non-hydrogen) atoms. The third-order valence-corrected chi connectivity index (χ3v) is 2.83. The molecule has 0 fully saturated rings. The van der Waals surface area contributed by atoms with Crippen molar-refractivity contribution in [3.05, 3.63) is 28.4 Å². The maximum atomic E-state index is 8.77. The molecule has 1 aromatic heterocycles. The molecule has 0 unspecified atom stereocenters. The highest BCUT2D eigenvalue weighted by Gasteiger charge is 2.06. The number of aryl methyl sites for hydroxylation is 1. The summed E-state index contributed by atoms with van der Waals surface area (Å²) >= 11 is 3.40. The van der Waals surface area contributed by atoms with Gasteiger partial charge in [0, 0.05) is 12.0 Å². The van der Waals surface area contributed by atoms with E-state index in [-0.39, 0.29) is 6.61 Å². The van der Waals surface area contributed by atoms with Gasteiger partial charge in [0.2, 0.25) is 0 Å². The molecular weight excluding hydrogens is 244 g/mol. The molecule has 1 heterocycles. The van der Waals surface area contributed by atoms with Crippen LogP contribution in [0.2, 0.25) is 0 Å². The van der Waals surface area contributed by atoms with Gasteiger partial charge in [0.15, 0.2) is 0 Å². The van der Waals surface area contributed by atoms with Crippen LogP contribution in [0.4, 0.5) is 0 Å².